The molecule has 0 heterocycles. The molecule has 0 aliphatic carbocycles. The normalized spacial score (nSPS) is 11.5. The summed E-state index contributed by atoms with van der Waals surface area (Å²) in [7, 11) is 0. The fraction of sp³-hybridized carbons (Fsp3) is 0.300. The molecule has 0 aliphatic rings. The maximum absolute atomic E-state index is 8.35. The second-order valence-electron chi connectivity index (χ2n) is 3.23. The molecule has 0 aromatic heterocycles. The summed E-state index contributed by atoms with van der Waals surface area (Å²) in [5.74, 6) is 0.234. The Bertz CT molecular complexity index is 366. The van der Waals surface area contributed by atoms with Crippen LogP contribution < -0.4 is 11.1 Å². The van der Waals surface area contributed by atoms with Gasteiger partial charge in [-0.3, -0.25) is 0 Å². The predicted molar refractivity (Wildman–Crippen MR) is 65.4 cm³/mol. The summed E-state index contributed by atoms with van der Waals surface area (Å²) in [5, 5.41) is 14.5. The molecule has 5 heteroatoms. The molecule has 4 nitrogen and oxygen atoms in total. The zero-order valence-corrected chi connectivity index (χ0v) is 10.1. The third kappa shape index (κ3) is 3.79. The second kappa shape index (κ2) is 5.60. The van der Waals surface area contributed by atoms with Gasteiger partial charge in [0.05, 0.1) is 0 Å². The van der Waals surface area contributed by atoms with Crippen molar-refractivity contribution in [1.82, 2.24) is 0 Å². The number of halogens is 1. The average molecular weight is 272 g/mol. The molecule has 0 saturated carbocycles. The van der Waals surface area contributed by atoms with Gasteiger partial charge in [0.1, 0.15) is 5.84 Å². The lowest BCUT2D eigenvalue weighted by Gasteiger charge is -2.09. The van der Waals surface area contributed by atoms with Gasteiger partial charge in [-0.25, -0.2) is 0 Å². The predicted octanol–water partition coefficient (Wildman–Crippen LogP) is 2.31. The molecule has 0 unspecified atom stereocenters. The van der Waals surface area contributed by atoms with Crippen molar-refractivity contribution in [2.24, 2.45) is 10.9 Å². The highest BCUT2D eigenvalue weighted by molar-refractivity contribution is 9.10. The van der Waals surface area contributed by atoms with Gasteiger partial charge >= 0.3 is 0 Å². The number of nitrogens with two attached hydrogens (primary N) is 1. The number of hydrogen-bond donors (Lipinski definition) is 3. The molecule has 15 heavy (non-hydrogen) atoms. The molecule has 0 bridgehead atoms. The van der Waals surface area contributed by atoms with Crippen molar-refractivity contribution in [2.75, 3.05) is 11.9 Å². The molecule has 0 radical (unpaired) electrons. The van der Waals surface area contributed by atoms with Crippen LogP contribution in [-0.2, 0) is 0 Å². The van der Waals surface area contributed by atoms with Crippen molar-refractivity contribution in [3.63, 3.8) is 0 Å². The Balaban J connectivity index is 2.51. The number of aryl methyl sites for hydroxylation is 1. The molecule has 0 fully saturated rings. The SMILES string of the molecule is Cc1cc(Br)ccc1NCCC(N)=NO. The third-order valence-corrected chi connectivity index (χ3v) is 2.51. The zero-order chi connectivity index (χ0) is 11.3. The molecule has 82 valence electrons. The van der Waals surface area contributed by atoms with Crippen LogP contribution in [0.15, 0.2) is 27.8 Å². The van der Waals surface area contributed by atoms with E-state index < -0.39 is 0 Å². The number of amidine groups is 1. The van der Waals surface area contributed by atoms with Crippen molar-refractivity contribution in [3.05, 3.63) is 28.2 Å². The van der Waals surface area contributed by atoms with E-state index in [-0.39, 0.29) is 5.84 Å². The van der Waals surface area contributed by atoms with Crippen molar-refractivity contribution < 1.29 is 5.21 Å². The number of benzene rings is 1. The maximum atomic E-state index is 8.35. The highest BCUT2D eigenvalue weighted by Gasteiger charge is 1.98. The van der Waals surface area contributed by atoms with E-state index in [0.29, 0.717) is 13.0 Å². The van der Waals surface area contributed by atoms with E-state index in [1.165, 1.54) is 0 Å². The first-order chi connectivity index (χ1) is 7.13. The number of nitrogens with zero attached hydrogens (tertiary/aromatic N) is 1. The molecule has 0 saturated heterocycles. The molecule has 1 aromatic rings. The van der Waals surface area contributed by atoms with Crippen LogP contribution in [0.3, 0.4) is 0 Å². The largest absolute Gasteiger partial charge is 0.409 e. The highest BCUT2D eigenvalue weighted by atomic mass is 79.9. The van der Waals surface area contributed by atoms with Crippen molar-refractivity contribution in [3.8, 4) is 0 Å². The summed E-state index contributed by atoms with van der Waals surface area (Å²) in [6.45, 7) is 2.68. The van der Waals surface area contributed by atoms with E-state index in [1.807, 2.05) is 25.1 Å². The highest BCUT2D eigenvalue weighted by Crippen LogP contribution is 2.19. The Labute approximate surface area is 97.3 Å². The van der Waals surface area contributed by atoms with Crippen LogP contribution >= 0.6 is 15.9 Å². The Hall–Kier alpha value is -1.23. The number of rotatable bonds is 4. The number of oxime groups is 1. The summed E-state index contributed by atoms with van der Waals surface area (Å²) in [5.41, 5.74) is 7.57. The lowest BCUT2D eigenvalue weighted by molar-refractivity contribution is 0.317. The first kappa shape index (κ1) is 11.8. The lowest BCUT2D eigenvalue weighted by Crippen LogP contribution is -2.16. The van der Waals surface area contributed by atoms with E-state index in [4.69, 9.17) is 10.9 Å². The smallest absolute Gasteiger partial charge is 0.140 e. The Morgan fingerprint density at radius 2 is 2.33 bits per heavy atom. The summed E-state index contributed by atoms with van der Waals surface area (Å²) in [4.78, 5) is 0. The monoisotopic (exact) mass is 271 g/mol. The van der Waals surface area contributed by atoms with E-state index >= 15 is 0 Å². The van der Waals surface area contributed by atoms with Gasteiger partial charge in [0, 0.05) is 23.1 Å². The molecule has 1 aromatic carbocycles. The minimum Gasteiger partial charge on any atom is -0.409 e. The maximum Gasteiger partial charge on any atom is 0.140 e. The van der Waals surface area contributed by atoms with Crippen LogP contribution in [0.4, 0.5) is 5.69 Å². The van der Waals surface area contributed by atoms with Crippen molar-refractivity contribution in [2.45, 2.75) is 13.3 Å². The minimum atomic E-state index is 0.234. The molecule has 4 N–H and O–H groups in total. The fourth-order valence-electron chi connectivity index (χ4n) is 1.20. The van der Waals surface area contributed by atoms with Crippen LogP contribution in [-0.4, -0.2) is 17.6 Å². The fourth-order valence-corrected chi connectivity index (χ4v) is 1.68. The summed E-state index contributed by atoms with van der Waals surface area (Å²) in [6.07, 6.45) is 0.520. The van der Waals surface area contributed by atoms with Crippen molar-refractivity contribution >= 4 is 27.5 Å². The van der Waals surface area contributed by atoms with Gasteiger partial charge in [-0.1, -0.05) is 21.1 Å². The summed E-state index contributed by atoms with van der Waals surface area (Å²) in [6, 6.07) is 6.00. The van der Waals surface area contributed by atoms with Crippen LogP contribution in [0.25, 0.3) is 0 Å². The molecule has 0 atom stereocenters. The van der Waals surface area contributed by atoms with E-state index in [2.05, 4.69) is 26.4 Å². The van der Waals surface area contributed by atoms with Gasteiger partial charge in [0.2, 0.25) is 0 Å². The summed E-state index contributed by atoms with van der Waals surface area (Å²) < 4.78 is 1.06. The van der Waals surface area contributed by atoms with Gasteiger partial charge in [0.25, 0.3) is 0 Å². The average Bonchev–Trinajstić information content (AvgIpc) is 2.21. The second-order valence-corrected chi connectivity index (χ2v) is 4.14. The first-order valence-electron chi connectivity index (χ1n) is 4.60. The van der Waals surface area contributed by atoms with Gasteiger partial charge in [0.15, 0.2) is 0 Å². The molecule has 0 aliphatic heterocycles. The summed E-state index contributed by atoms with van der Waals surface area (Å²) >= 11 is 3.40. The number of anilines is 1. The number of nitrogens with one attached hydrogen (secondary N) is 1. The molecular formula is C10H14BrN3O. The molecule has 0 spiro atoms. The van der Waals surface area contributed by atoms with Crippen LogP contribution in [0.5, 0.6) is 0 Å². The topological polar surface area (TPSA) is 70.6 Å². The Morgan fingerprint density at radius 3 is 2.93 bits per heavy atom. The van der Waals surface area contributed by atoms with Crippen LogP contribution in [0.2, 0.25) is 0 Å². The van der Waals surface area contributed by atoms with Gasteiger partial charge in [-0.2, -0.15) is 0 Å². The standard InChI is InChI=1S/C10H14BrN3O/c1-7-6-8(11)2-3-9(7)13-5-4-10(12)14-15/h2-3,6,13,15H,4-5H2,1H3,(H2,12,14). The first-order valence-corrected chi connectivity index (χ1v) is 5.39. The van der Waals surface area contributed by atoms with E-state index in [0.717, 1.165) is 15.7 Å². The van der Waals surface area contributed by atoms with Gasteiger partial charge in [-0.15, -0.1) is 0 Å². The third-order valence-electron chi connectivity index (χ3n) is 2.01. The minimum absolute atomic E-state index is 0.234. The molecule has 1 rings (SSSR count). The van der Waals surface area contributed by atoms with Crippen LogP contribution in [0, 0.1) is 6.92 Å². The number of hydrogen-bond acceptors (Lipinski definition) is 3. The van der Waals surface area contributed by atoms with E-state index in [1.54, 1.807) is 0 Å². The van der Waals surface area contributed by atoms with Crippen LogP contribution in [0.1, 0.15) is 12.0 Å². The van der Waals surface area contributed by atoms with Crippen molar-refractivity contribution in [1.29, 1.82) is 0 Å². The zero-order valence-electron chi connectivity index (χ0n) is 8.50. The Kier molecular flexibility index (Phi) is 4.42. The van der Waals surface area contributed by atoms with E-state index in [9.17, 15) is 0 Å². The van der Waals surface area contributed by atoms with Gasteiger partial charge < -0.3 is 16.3 Å². The molecular weight excluding hydrogens is 258 g/mol. The lowest BCUT2D eigenvalue weighted by atomic mass is 10.2. The Morgan fingerprint density at radius 1 is 1.60 bits per heavy atom. The quantitative estimate of drug-likeness (QED) is 0.341. The van der Waals surface area contributed by atoms with Gasteiger partial charge in [-0.05, 0) is 30.7 Å². The molecule has 0 amide bonds.